The molecule has 1 amide bonds. The van der Waals surface area contributed by atoms with E-state index in [1.807, 2.05) is 6.92 Å². The molecule has 0 aliphatic carbocycles. The van der Waals surface area contributed by atoms with Crippen molar-refractivity contribution in [2.24, 2.45) is 0 Å². The van der Waals surface area contributed by atoms with Crippen molar-refractivity contribution in [3.8, 4) is 0 Å². The summed E-state index contributed by atoms with van der Waals surface area (Å²) in [4.78, 5) is 22.8. The number of hydrogen-bond donors (Lipinski definition) is 1. The van der Waals surface area contributed by atoms with E-state index in [2.05, 4.69) is 5.32 Å². The lowest BCUT2D eigenvalue weighted by Crippen LogP contribution is -2.23. The van der Waals surface area contributed by atoms with E-state index in [0.717, 1.165) is 0 Å². The van der Waals surface area contributed by atoms with Gasteiger partial charge in [0.25, 0.3) is 0 Å². The topological polar surface area (TPSA) is 46.2 Å². The van der Waals surface area contributed by atoms with Gasteiger partial charge in [0.1, 0.15) is 0 Å². The highest BCUT2D eigenvalue weighted by molar-refractivity contribution is 6.30. The lowest BCUT2D eigenvalue weighted by Gasteiger charge is -2.02. The zero-order valence-corrected chi connectivity index (χ0v) is 9.88. The molecular weight excluding hydrogens is 226 g/mol. The van der Waals surface area contributed by atoms with Crippen molar-refractivity contribution < 1.29 is 9.59 Å². The van der Waals surface area contributed by atoms with Crippen molar-refractivity contribution in [1.29, 1.82) is 0 Å². The third-order valence-corrected chi connectivity index (χ3v) is 2.37. The van der Waals surface area contributed by atoms with E-state index >= 15 is 0 Å². The molecule has 0 aromatic heterocycles. The van der Waals surface area contributed by atoms with Crippen LogP contribution in [-0.2, 0) is 4.79 Å². The molecule has 16 heavy (non-hydrogen) atoms. The molecule has 0 saturated carbocycles. The van der Waals surface area contributed by atoms with Crippen molar-refractivity contribution in [2.45, 2.75) is 19.8 Å². The minimum Gasteiger partial charge on any atom is -0.356 e. The van der Waals surface area contributed by atoms with Crippen molar-refractivity contribution in [3.05, 3.63) is 34.9 Å². The summed E-state index contributed by atoms with van der Waals surface area (Å²) in [5.41, 5.74) is 0.591. The smallest absolute Gasteiger partial charge is 0.220 e. The fourth-order valence-corrected chi connectivity index (χ4v) is 1.42. The van der Waals surface area contributed by atoms with Crippen molar-refractivity contribution in [3.63, 3.8) is 0 Å². The van der Waals surface area contributed by atoms with Crippen LogP contribution in [0, 0.1) is 0 Å². The van der Waals surface area contributed by atoms with Crippen LogP contribution < -0.4 is 5.32 Å². The van der Waals surface area contributed by atoms with Crippen LogP contribution in [0.1, 0.15) is 30.1 Å². The van der Waals surface area contributed by atoms with Crippen molar-refractivity contribution in [2.75, 3.05) is 6.54 Å². The second-order valence-corrected chi connectivity index (χ2v) is 3.82. The van der Waals surface area contributed by atoms with Gasteiger partial charge < -0.3 is 5.32 Å². The summed E-state index contributed by atoms with van der Waals surface area (Å²) in [6.45, 7) is 2.44. The van der Waals surface area contributed by atoms with E-state index in [0.29, 0.717) is 17.1 Å². The van der Waals surface area contributed by atoms with Gasteiger partial charge in [-0.15, -0.1) is 0 Å². The SMILES string of the molecule is CCNC(=O)CCC(=O)c1ccc(Cl)cc1. The van der Waals surface area contributed by atoms with Gasteiger partial charge in [0.05, 0.1) is 0 Å². The zero-order chi connectivity index (χ0) is 12.0. The standard InChI is InChI=1S/C12H14ClNO2/c1-2-14-12(16)8-7-11(15)9-3-5-10(13)6-4-9/h3-6H,2,7-8H2,1H3,(H,14,16). The molecule has 3 nitrogen and oxygen atoms in total. The van der Waals surface area contributed by atoms with Crippen molar-refractivity contribution in [1.82, 2.24) is 5.32 Å². The Morgan fingerprint density at radius 3 is 2.38 bits per heavy atom. The maximum atomic E-state index is 11.6. The quantitative estimate of drug-likeness (QED) is 0.803. The van der Waals surface area contributed by atoms with Crippen LogP contribution in [0.15, 0.2) is 24.3 Å². The minimum atomic E-state index is -0.0928. The Kier molecular flexibility index (Phi) is 4.99. The molecular formula is C12H14ClNO2. The van der Waals surface area contributed by atoms with Crippen LogP contribution >= 0.6 is 11.6 Å². The van der Waals surface area contributed by atoms with Gasteiger partial charge in [-0.2, -0.15) is 0 Å². The van der Waals surface area contributed by atoms with Gasteiger partial charge in [0.15, 0.2) is 5.78 Å². The van der Waals surface area contributed by atoms with Crippen molar-refractivity contribution >= 4 is 23.3 Å². The highest BCUT2D eigenvalue weighted by Crippen LogP contribution is 2.11. The van der Waals surface area contributed by atoms with E-state index in [1.54, 1.807) is 24.3 Å². The van der Waals surface area contributed by atoms with Crippen LogP contribution in [-0.4, -0.2) is 18.2 Å². The number of halogens is 1. The molecule has 1 N–H and O–H groups in total. The molecule has 0 heterocycles. The summed E-state index contributed by atoms with van der Waals surface area (Å²) in [5, 5.41) is 3.25. The second-order valence-electron chi connectivity index (χ2n) is 3.38. The second kappa shape index (κ2) is 6.28. The summed E-state index contributed by atoms with van der Waals surface area (Å²) in [6, 6.07) is 6.67. The summed E-state index contributed by atoms with van der Waals surface area (Å²) in [5.74, 6) is -0.132. The molecule has 0 unspecified atom stereocenters. The normalized spacial score (nSPS) is 9.88. The molecule has 0 saturated heterocycles. The molecule has 0 aliphatic rings. The number of nitrogens with one attached hydrogen (secondary N) is 1. The highest BCUT2D eigenvalue weighted by Gasteiger charge is 2.08. The van der Waals surface area contributed by atoms with Crippen LogP contribution in [0.25, 0.3) is 0 Å². The van der Waals surface area contributed by atoms with Gasteiger partial charge in [-0.3, -0.25) is 9.59 Å². The maximum Gasteiger partial charge on any atom is 0.220 e. The largest absolute Gasteiger partial charge is 0.356 e. The number of amides is 1. The van der Waals surface area contributed by atoms with Gasteiger partial charge in [-0.1, -0.05) is 11.6 Å². The molecule has 1 aromatic rings. The van der Waals surface area contributed by atoms with Gasteiger partial charge >= 0.3 is 0 Å². The molecule has 0 radical (unpaired) electrons. The molecule has 0 aliphatic heterocycles. The molecule has 0 spiro atoms. The zero-order valence-electron chi connectivity index (χ0n) is 9.13. The first kappa shape index (κ1) is 12.7. The van der Waals surface area contributed by atoms with Crippen LogP contribution in [0.5, 0.6) is 0 Å². The highest BCUT2D eigenvalue weighted by atomic mass is 35.5. The number of ketones is 1. The van der Waals surface area contributed by atoms with Gasteiger partial charge in [-0.25, -0.2) is 0 Å². The Balaban J connectivity index is 2.47. The predicted molar refractivity (Wildman–Crippen MR) is 63.7 cm³/mol. The van der Waals surface area contributed by atoms with E-state index < -0.39 is 0 Å². The predicted octanol–water partition coefficient (Wildman–Crippen LogP) is 2.44. The molecule has 4 heteroatoms. The number of carbonyl (C=O) groups excluding carboxylic acids is 2. The Morgan fingerprint density at radius 2 is 1.81 bits per heavy atom. The lowest BCUT2D eigenvalue weighted by molar-refractivity contribution is -0.120. The minimum absolute atomic E-state index is 0.0390. The summed E-state index contributed by atoms with van der Waals surface area (Å²) >= 11 is 5.71. The molecule has 1 rings (SSSR count). The van der Waals surface area contributed by atoms with E-state index in [1.165, 1.54) is 0 Å². The Bertz CT molecular complexity index is 373. The van der Waals surface area contributed by atoms with E-state index in [9.17, 15) is 9.59 Å². The molecule has 0 atom stereocenters. The first-order valence-corrected chi connectivity index (χ1v) is 5.56. The van der Waals surface area contributed by atoms with E-state index in [4.69, 9.17) is 11.6 Å². The van der Waals surface area contributed by atoms with Crippen LogP contribution in [0.4, 0.5) is 0 Å². The lowest BCUT2D eigenvalue weighted by atomic mass is 10.1. The fraction of sp³-hybridized carbons (Fsp3) is 0.333. The summed E-state index contributed by atoms with van der Waals surface area (Å²) < 4.78 is 0. The number of Topliss-reactive ketones (excluding diaryl/α,β-unsaturated/α-hetero) is 1. The maximum absolute atomic E-state index is 11.6. The summed E-state index contributed by atoms with van der Waals surface area (Å²) in [7, 11) is 0. The Hall–Kier alpha value is -1.35. The average molecular weight is 240 g/mol. The van der Waals surface area contributed by atoms with E-state index in [-0.39, 0.29) is 24.5 Å². The molecule has 1 aromatic carbocycles. The Morgan fingerprint density at radius 1 is 1.19 bits per heavy atom. The first-order chi connectivity index (χ1) is 7.63. The summed E-state index contributed by atoms with van der Waals surface area (Å²) in [6.07, 6.45) is 0.461. The molecule has 0 bridgehead atoms. The van der Waals surface area contributed by atoms with Crippen LogP contribution in [0.3, 0.4) is 0 Å². The number of rotatable bonds is 5. The molecule has 86 valence electrons. The third kappa shape index (κ3) is 4.03. The number of benzene rings is 1. The third-order valence-electron chi connectivity index (χ3n) is 2.12. The van der Waals surface area contributed by atoms with Gasteiger partial charge in [0, 0.05) is 30.0 Å². The monoisotopic (exact) mass is 239 g/mol. The van der Waals surface area contributed by atoms with Gasteiger partial charge in [-0.05, 0) is 31.2 Å². The fourth-order valence-electron chi connectivity index (χ4n) is 1.29. The average Bonchev–Trinajstić information content (AvgIpc) is 2.27. The number of carbonyl (C=O) groups is 2. The Labute approximate surface area is 99.8 Å². The first-order valence-electron chi connectivity index (χ1n) is 5.19. The molecule has 0 fully saturated rings. The number of hydrogen-bond acceptors (Lipinski definition) is 2. The van der Waals surface area contributed by atoms with Crippen LogP contribution in [0.2, 0.25) is 5.02 Å². The van der Waals surface area contributed by atoms with Gasteiger partial charge in [0.2, 0.25) is 5.91 Å².